The zero-order valence-corrected chi connectivity index (χ0v) is 13.4. The zero-order valence-electron chi connectivity index (χ0n) is 13.4. The number of rotatable bonds is 3. The molecule has 3 aromatic rings. The predicted octanol–water partition coefficient (Wildman–Crippen LogP) is 4.31. The van der Waals surface area contributed by atoms with Crippen molar-refractivity contribution in [3.05, 3.63) is 95.6 Å². The predicted molar refractivity (Wildman–Crippen MR) is 96.6 cm³/mol. The van der Waals surface area contributed by atoms with Gasteiger partial charge in [0.1, 0.15) is 0 Å². The molecule has 2 nitrogen and oxygen atoms in total. The van der Waals surface area contributed by atoms with Crippen LogP contribution in [0.2, 0.25) is 0 Å². The highest BCUT2D eigenvalue weighted by Gasteiger charge is 2.25. The van der Waals surface area contributed by atoms with Crippen LogP contribution in [0, 0.1) is 0 Å². The van der Waals surface area contributed by atoms with E-state index in [4.69, 9.17) is 0 Å². The van der Waals surface area contributed by atoms with E-state index in [9.17, 15) is 4.79 Å². The van der Waals surface area contributed by atoms with Crippen molar-refractivity contribution < 1.29 is 4.79 Å². The fourth-order valence-electron chi connectivity index (χ4n) is 3.49. The molecule has 2 heteroatoms. The fraction of sp³-hybridized carbons (Fsp3) is 0.136. The Morgan fingerprint density at radius 2 is 1.50 bits per heavy atom. The van der Waals surface area contributed by atoms with Crippen LogP contribution >= 0.6 is 0 Å². The number of hydrogen-bond acceptors (Lipinski definition) is 1. The molecular formula is C22H19NO. The number of carbonyl (C=O) groups excluding carboxylic acids is 1. The number of fused-ring (bicyclic) bond motifs is 3. The molecule has 0 saturated heterocycles. The molecule has 0 heterocycles. The Kier molecular flexibility index (Phi) is 3.87. The van der Waals surface area contributed by atoms with Gasteiger partial charge in [0.2, 0.25) is 5.91 Å². The van der Waals surface area contributed by atoms with Crippen LogP contribution in [-0.4, -0.2) is 5.91 Å². The first-order valence-corrected chi connectivity index (χ1v) is 8.32. The van der Waals surface area contributed by atoms with Crippen molar-refractivity contribution in [2.45, 2.75) is 18.9 Å². The molecule has 1 aliphatic carbocycles. The lowest BCUT2D eigenvalue weighted by molar-refractivity contribution is -0.121. The third-order valence-electron chi connectivity index (χ3n) is 4.61. The lowest BCUT2D eigenvalue weighted by Crippen LogP contribution is -2.32. The monoisotopic (exact) mass is 313 g/mol. The summed E-state index contributed by atoms with van der Waals surface area (Å²) in [6, 6.07) is 26.7. The number of nitrogens with one attached hydrogen (secondary N) is 1. The van der Waals surface area contributed by atoms with Crippen molar-refractivity contribution in [2.24, 2.45) is 0 Å². The van der Waals surface area contributed by atoms with Crippen molar-refractivity contribution in [1.29, 1.82) is 0 Å². The molecule has 0 spiro atoms. The molecule has 3 aromatic carbocycles. The van der Waals surface area contributed by atoms with Crippen LogP contribution in [-0.2, 0) is 17.6 Å². The summed E-state index contributed by atoms with van der Waals surface area (Å²) in [6.45, 7) is 0. The van der Waals surface area contributed by atoms with Crippen molar-refractivity contribution in [3.8, 4) is 11.1 Å². The minimum absolute atomic E-state index is 0.0345. The lowest BCUT2D eigenvalue weighted by Gasteiger charge is -2.28. The third-order valence-corrected chi connectivity index (χ3v) is 4.61. The zero-order chi connectivity index (χ0) is 16.4. The van der Waals surface area contributed by atoms with Crippen molar-refractivity contribution in [2.75, 3.05) is 0 Å². The Hall–Kier alpha value is -2.87. The van der Waals surface area contributed by atoms with E-state index in [1.54, 1.807) is 0 Å². The summed E-state index contributed by atoms with van der Waals surface area (Å²) in [7, 11) is 0. The van der Waals surface area contributed by atoms with Gasteiger partial charge in [-0.2, -0.15) is 0 Å². The van der Waals surface area contributed by atoms with Crippen LogP contribution < -0.4 is 5.32 Å². The fourth-order valence-corrected chi connectivity index (χ4v) is 3.49. The first kappa shape index (κ1) is 14.7. The smallest absolute Gasteiger partial charge is 0.224 e. The molecule has 118 valence electrons. The van der Waals surface area contributed by atoms with Crippen molar-refractivity contribution in [3.63, 3.8) is 0 Å². The Morgan fingerprint density at radius 1 is 0.833 bits per heavy atom. The van der Waals surface area contributed by atoms with Crippen LogP contribution in [0.3, 0.4) is 0 Å². The maximum atomic E-state index is 12.5. The van der Waals surface area contributed by atoms with Crippen LogP contribution in [0.5, 0.6) is 0 Å². The Labute approximate surface area is 142 Å². The highest BCUT2D eigenvalue weighted by Crippen LogP contribution is 2.38. The second kappa shape index (κ2) is 6.32. The van der Waals surface area contributed by atoms with Crippen LogP contribution in [0.4, 0.5) is 0 Å². The molecule has 24 heavy (non-hydrogen) atoms. The molecule has 1 N–H and O–H groups in total. The number of hydrogen-bond donors (Lipinski definition) is 1. The van der Waals surface area contributed by atoms with E-state index >= 15 is 0 Å². The van der Waals surface area contributed by atoms with Gasteiger partial charge in [0, 0.05) is 0 Å². The standard InChI is InChI=1S/C22H19NO/c24-22(14-16-8-2-1-3-9-16)23-21-15-17-10-4-5-11-18(17)19-12-6-7-13-20(19)21/h1-13,21H,14-15H2,(H,23,24). The molecule has 0 radical (unpaired) electrons. The van der Waals surface area contributed by atoms with Crippen LogP contribution in [0.15, 0.2) is 78.9 Å². The van der Waals surface area contributed by atoms with Crippen molar-refractivity contribution >= 4 is 5.91 Å². The van der Waals surface area contributed by atoms with Gasteiger partial charge in [-0.15, -0.1) is 0 Å². The average Bonchev–Trinajstić information content (AvgIpc) is 2.63. The summed E-state index contributed by atoms with van der Waals surface area (Å²) in [6.07, 6.45) is 1.26. The molecule has 1 aliphatic rings. The largest absolute Gasteiger partial charge is 0.349 e. The Bertz CT molecular complexity index is 870. The van der Waals surface area contributed by atoms with E-state index in [-0.39, 0.29) is 11.9 Å². The van der Waals surface area contributed by atoms with Gasteiger partial charge < -0.3 is 5.32 Å². The summed E-state index contributed by atoms with van der Waals surface area (Å²) < 4.78 is 0. The van der Waals surface area contributed by atoms with Gasteiger partial charge >= 0.3 is 0 Å². The SMILES string of the molecule is O=C(Cc1ccccc1)NC1Cc2ccccc2-c2ccccc21. The molecule has 1 atom stereocenters. The van der Waals surface area contributed by atoms with E-state index in [0.29, 0.717) is 6.42 Å². The molecule has 0 aromatic heterocycles. The van der Waals surface area contributed by atoms with E-state index in [0.717, 1.165) is 12.0 Å². The van der Waals surface area contributed by atoms with Crippen LogP contribution in [0.1, 0.15) is 22.7 Å². The Morgan fingerprint density at radius 3 is 2.33 bits per heavy atom. The van der Waals surface area contributed by atoms with E-state index in [2.05, 4.69) is 47.8 Å². The molecule has 0 bridgehead atoms. The second-order valence-electron chi connectivity index (χ2n) is 6.23. The molecule has 0 fully saturated rings. The summed E-state index contributed by atoms with van der Waals surface area (Å²) in [5.74, 6) is 0.0698. The minimum Gasteiger partial charge on any atom is -0.349 e. The van der Waals surface area contributed by atoms with Crippen molar-refractivity contribution in [1.82, 2.24) is 5.32 Å². The lowest BCUT2D eigenvalue weighted by atomic mass is 9.82. The maximum Gasteiger partial charge on any atom is 0.224 e. The highest BCUT2D eigenvalue weighted by molar-refractivity contribution is 5.81. The quantitative estimate of drug-likeness (QED) is 0.767. The topological polar surface area (TPSA) is 29.1 Å². The second-order valence-corrected chi connectivity index (χ2v) is 6.23. The first-order chi connectivity index (χ1) is 11.8. The molecule has 1 amide bonds. The summed E-state index contributed by atoms with van der Waals surface area (Å²) >= 11 is 0. The molecular weight excluding hydrogens is 294 g/mol. The molecule has 0 saturated carbocycles. The number of carbonyl (C=O) groups is 1. The van der Waals surface area contributed by atoms with Gasteiger partial charge in [-0.05, 0) is 34.2 Å². The van der Waals surface area contributed by atoms with Gasteiger partial charge in [-0.3, -0.25) is 4.79 Å². The first-order valence-electron chi connectivity index (χ1n) is 8.32. The van der Waals surface area contributed by atoms with Gasteiger partial charge in [0.05, 0.1) is 12.5 Å². The summed E-state index contributed by atoms with van der Waals surface area (Å²) in [5.41, 5.74) is 6.05. The van der Waals surface area contributed by atoms with Gasteiger partial charge in [0.15, 0.2) is 0 Å². The molecule has 0 aliphatic heterocycles. The number of amides is 1. The summed E-state index contributed by atoms with van der Waals surface area (Å²) in [4.78, 5) is 12.5. The summed E-state index contributed by atoms with van der Waals surface area (Å²) in [5, 5.41) is 3.23. The van der Waals surface area contributed by atoms with Gasteiger partial charge in [-0.25, -0.2) is 0 Å². The highest BCUT2D eigenvalue weighted by atomic mass is 16.1. The normalized spacial score (nSPS) is 15.2. The van der Waals surface area contributed by atoms with E-state index < -0.39 is 0 Å². The number of benzene rings is 3. The van der Waals surface area contributed by atoms with E-state index in [1.165, 1.54) is 22.3 Å². The Balaban J connectivity index is 1.59. The third kappa shape index (κ3) is 2.83. The average molecular weight is 313 g/mol. The maximum absolute atomic E-state index is 12.5. The molecule has 1 unspecified atom stereocenters. The van der Waals surface area contributed by atoms with Gasteiger partial charge in [-0.1, -0.05) is 78.9 Å². The van der Waals surface area contributed by atoms with E-state index in [1.807, 2.05) is 36.4 Å². The molecule has 4 rings (SSSR count). The van der Waals surface area contributed by atoms with Crippen LogP contribution in [0.25, 0.3) is 11.1 Å². The van der Waals surface area contributed by atoms with Gasteiger partial charge in [0.25, 0.3) is 0 Å². The minimum atomic E-state index is 0.0345.